The van der Waals surface area contributed by atoms with Crippen LogP contribution in [0.1, 0.15) is 5.56 Å². The molecule has 0 radical (unpaired) electrons. The molecule has 0 atom stereocenters. The zero-order valence-corrected chi connectivity index (χ0v) is 26.1. The summed E-state index contributed by atoms with van der Waals surface area (Å²) >= 11 is 0. The van der Waals surface area contributed by atoms with Gasteiger partial charge in [-0.15, -0.1) is 74.9 Å². The van der Waals surface area contributed by atoms with Gasteiger partial charge in [-0.3, -0.25) is 0 Å². The largest absolute Gasteiger partial charge is 4.00 e. The molecule has 0 aliphatic carbocycles. The molecule has 200 valence electrons. The average Bonchev–Trinajstić information content (AvgIpc) is 3.57. The zero-order chi connectivity index (χ0) is 25.7. The van der Waals surface area contributed by atoms with Crippen molar-refractivity contribution in [3.8, 4) is 11.1 Å². The van der Waals surface area contributed by atoms with Crippen molar-refractivity contribution in [2.45, 2.75) is 6.92 Å². The Hall–Kier alpha value is -3.51. The van der Waals surface area contributed by atoms with Crippen LogP contribution in [0.25, 0.3) is 32.7 Å². The number of halogens is 2. The number of hydrogen-bond donors (Lipinski definition) is 0. The Morgan fingerprint density at radius 1 is 0.512 bits per heavy atom. The van der Waals surface area contributed by atoms with Gasteiger partial charge in [-0.1, -0.05) is 116 Å². The minimum Gasteiger partial charge on any atom is -1.00 e. The summed E-state index contributed by atoms with van der Waals surface area (Å²) in [4.78, 5) is 0. The standard InChI is InChI=1S/C21H16P.C16H13.2FH.Zr/c1-3-11-19(12-4-1)22(20-13-5-2-6-14-20)21-15-17-9-7-8-10-18(17)16-21;1-12-10-14-8-5-9-15(16(14)11-12)13-6-3-2-4-7-13;;;/h1-16H;2-11H,1H3;2*1H;/q2*-1;;;+4/p-2. The molecule has 0 spiro atoms. The van der Waals surface area contributed by atoms with Crippen molar-refractivity contribution in [2.24, 2.45) is 0 Å². The molecule has 41 heavy (non-hydrogen) atoms. The van der Waals surface area contributed by atoms with Gasteiger partial charge in [0, 0.05) is 0 Å². The van der Waals surface area contributed by atoms with Crippen LogP contribution >= 0.6 is 7.92 Å². The Balaban J connectivity index is 0.000000219. The summed E-state index contributed by atoms with van der Waals surface area (Å²) in [5, 5.41) is 9.57. The summed E-state index contributed by atoms with van der Waals surface area (Å²) in [6.07, 6.45) is 0. The first kappa shape index (κ1) is 32.0. The van der Waals surface area contributed by atoms with Gasteiger partial charge < -0.3 is 9.41 Å². The average molecular weight is 634 g/mol. The third-order valence-corrected chi connectivity index (χ3v) is 9.27. The number of aryl methyl sites for hydroxylation is 1. The minimum atomic E-state index is -0.493. The van der Waals surface area contributed by atoms with E-state index in [2.05, 4.69) is 165 Å². The Labute approximate surface area is 261 Å². The summed E-state index contributed by atoms with van der Waals surface area (Å²) in [6, 6.07) is 56.6. The van der Waals surface area contributed by atoms with Gasteiger partial charge in [0.05, 0.1) is 0 Å². The molecule has 0 aliphatic rings. The maximum atomic E-state index is 2.35. The van der Waals surface area contributed by atoms with E-state index in [1.54, 1.807) is 0 Å². The fourth-order valence-corrected chi connectivity index (χ4v) is 7.49. The van der Waals surface area contributed by atoms with Crippen LogP contribution in [0.5, 0.6) is 0 Å². The van der Waals surface area contributed by atoms with Gasteiger partial charge in [-0.2, -0.15) is 12.1 Å². The van der Waals surface area contributed by atoms with Crippen molar-refractivity contribution in [1.29, 1.82) is 0 Å². The van der Waals surface area contributed by atoms with Gasteiger partial charge in [0.15, 0.2) is 0 Å². The van der Waals surface area contributed by atoms with Crippen molar-refractivity contribution in [2.75, 3.05) is 0 Å². The van der Waals surface area contributed by atoms with Crippen LogP contribution in [-0.4, -0.2) is 0 Å². The van der Waals surface area contributed by atoms with Gasteiger partial charge >= 0.3 is 26.2 Å². The van der Waals surface area contributed by atoms with E-state index in [4.69, 9.17) is 0 Å². The third kappa shape index (κ3) is 7.23. The monoisotopic (exact) mass is 632 g/mol. The maximum absolute atomic E-state index is 2.35. The SMILES string of the molecule is Cc1cc2c(-c3ccccc3)cccc2[cH-]1.[F-].[F-].[Zr+4].c1ccc(P(c2ccccc2)c2cc3ccccc3[cH-]2)cc1. The molecule has 0 aliphatic heterocycles. The van der Waals surface area contributed by atoms with E-state index in [1.807, 2.05) is 0 Å². The van der Waals surface area contributed by atoms with E-state index < -0.39 is 7.92 Å². The molecule has 0 saturated heterocycles. The number of hydrogen-bond acceptors (Lipinski definition) is 0. The molecule has 0 N–H and O–H groups in total. The van der Waals surface area contributed by atoms with Crippen LogP contribution in [0, 0.1) is 6.92 Å². The zero-order valence-electron chi connectivity index (χ0n) is 22.7. The van der Waals surface area contributed by atoms with Crippen molar-refractivity contribution >= 4 is 45.4 Å². The van der Waals surface area contributed by atoms with Crippen LogP contribution in [-0.2, 0) is 26.2 Å². The molecule has 7 aromatic carbocycles. The van der Waals surface area contributed by atoms with Crippen LogP contribution in [0.15, 0.2) is 158 Å². The molecule has 0 aromatic heterocycles. The van der Waals surface area contributed by atoms with Crippen molar-refractivity contribution < 1.29 is 35.6 Å². The van der Waals surface area contributed by atoms with E-state index in [1.165, 1.54) is 54.1 Å². The molecule has 0 fully saturated rings. The van der Waals surface area contributed by atoms with Crippen LogP contribution < -0.4 is 25.3 Å². The second-order valence-electron chi connectivity index (χ2n) is 9.56. The number of rotatable bonds is 4. The van der Waals surface area contributed by atoms with E-state index in [0.717, 1.165) is 0 Å². The van der Waals surface area contributed by atoms with Gasteiger partial charge in [-0.05, 0) is 24.1 Å². The molecule has 0 unspecified atom stereocenters. The quantitative estimate of drug-likeness (QED) is 0.207. The van der Waals surface area contributed by atoms with Crippen molar-refractivity contribution in [3.05, 3.63) is 163 Å². The van der Waals surface area contributed by atoms with E-state index in [-0.39, 0.29) is 35.6 Å². The first-order valence-electron chi connectivity index (χ1n) is 13.0. The first-order chi connectivity index (χ1) is 18.8. The first-order valence-corrected chi connectivity index (χ1v) is 14.4. The topological polar surface area (TPSA) is 0 Å². The van der Waals surface area contributed by atoms with Crippen LogP contribution in [0.2, 0.25) is 0 Å². The van der Waals surface area contributed by atoms with Gasteiger partial charge in [-0.25, -0.2) is 0 Å². The van der Waals surface area contributed by atoms with Gasteiger partial charge in [0.2, 0.25) is 0 Å². The molecule has 4 heteroatoms. The number of benzene rings is 5. The molecule has 7 aromatic rings. The number of fused-ring (bicyclic) bond motifs is 2. The Kier molecular flexibility index (Phi) is 11.7. The molecule has 0 amide bonds. The summed E-state index contributed by atoms with van der Waals surface area (Å²) in [5.74, 6) is 0. The predicted molar refractivity (Wildman–Crippen MR) is 168 cm³/mol. The summed E-state index contributed by atoms with van der Waals surface area (Å²) in [5.41, 5.74) is 3.95. The molecule has 0 nitrogen and oxygen atoms in total. The second-order valence-corrected chi connectivity index (χ2v) is 11.8. The third-order valence-electron chi connectivity index (χ3n) is 6.87. The van der Waals surface area contributed by atoms with E-state index in [9.17, 15) is 0 Å². The fourth-order valence-electron chi connectivity index (χ4n) is 5.12. The van der Waals surface area contributed by atoms with Gasteiger partial charge in [0.1, 0.15) is 0 Å². The molecule has 0 saturated carbocycles. The van der Waals surface area contributed by atoms with E-state index in [0.29, 0.717) is 0 Å². The van der Waals surface area contributed by atoms with Gasteiger partial charge in [0.25, 0.3) is 0 Å². The Bertz CT molecular complexity index is 1700. The van der Waals surface area contributed by atoms with Crippen molar-refractivity contribution in [1.82, 2.24) is 0 Å². The molecule has 7 rings (SSSR count). The predicted octanol–water partition coefficient (Wildman–Crippen LogP) is 2.86. The smallest absolute Gasteiger partial charge is 1.00 e. The molecule has 0 heterocycles. The maximum Gasteiger partial charge on any atom is 4.00 e. The normalized spacial score (nSPS) is 10.2. The fraction of sp³-hybridized carbons (Fsp3) is 0.0270. The van der Waals surface area contributed by atoms with E-state index >= 15 is 0 Å². The second kappa shape index (κ2) is 14.9. The molecule has 0 bridgehead atoms. The summed E-state index contributed by atoms with van der Waals surface area (Å²) in [7, 11) is -0.493. The Morgan fingerprint density at radius 3 is 1.66 bits per heavy atom. The summed E-state index contributed by atoms with van der Waals surface area (Å²) in [6.45, 7) is 2.15. The summed E-state index contributed by atoms with van der Waals surface area (Å²) < 4.78 is 0. The van der Waals surface area contributed by atoms with Crippen molar-refractivity contribution in [3.63, 3.8) is 0 Å². The van der Waals surface area contributed by atoms with Crippen LogP contribution in [0.3, 0.4) is 0 Å². The molecular formula is C37H29F2PZr. The van der Waals surface area contributed by atoms with Crippen LogP contribution in [0.4, 0.5) is 0 Å². The molecular weight excluding hydrogens is 605 g/mol. The Morgan fingerprint density at radius 2 is 1.05 bits per heavy atom. The minimum absolute atomic E-state index is 0.